The Morgan fingerprint density at radius 3 is 2.78 bits per heavy atom. The Morgan fingerprint density at radius 1 is 1.41 bits per heavy atom. The Labute approximate surface area is 173 Å². The maximum Gasteiger partial charge on any atom is 0.306 e. The van der Waals surface area contributed by atoms with Crippen LogP contribution in [0.15, 0.2) is 22.8 Å². The van der Waals surface area contributed by atoms with Crippen LogP contribution in [0.2, 0.25) is 5.02 Å². The summed E-state index contributed by atoms with van der Waals surface area (Å²) in [6.07, 6.45) is 3.74. The van der Waals surface area contributed by atoms with Crippen LogP contribution in [0, 0.1) is 12.8 Å². The number of aromatic nitrogens is 2. The highest BCUT2D eigenvalue weighted by atomic mass is 79.9. The van der Waals surface area contributed by atoms with Gasteiger partial charge in [-0.1, -0.05) is 44.4 Å². The van der Waals surface area contributed by atoms with Crippen molar-refractivity contribution in [2.24, 2.45) is 5.92 Å². The zero-order valence-electron chi connectivity index (χ0n) is 16.0. The molecule has 7 heteroatoms. The van der Waals surface area contributed by atoms with Gasteiger partial charge in [-0.05, 0) is 47.0 Å². The van der Waals surface area contributed by atoms with E-state index in [1.54, 1.807) is 6.92 Å². The minimum absolute atomic E-state index is 0.396. The first-order chi connectivity index (χ1) is 12.8. The van der Waals surface area contributed by atoms with Crippen molar-refractivity contribution in [2.75, 3.05) is 6.61 Å². The molecule has 0 saturated heterocycles. The third-order valence-corrected chi connectivity index (χ3v) is 5.49. The van der Waals surface area contributed by atoms with Crippen LogP contribution in [0.5, 0.6) is 5.75 Å². The van der Waals surface area contributed by atoms with E-state index in [9.17, 15) is 9.90 Å². The topological polar surface area (TPSA) is 64.4 Å². The van der Waals surface area contributed by atoms with Gasteiger partial charge in [0.25, 0.3) is 0 Å². The molecule has 0 aliphatic heterocycles. The second-order valence-electron chi connectivity index (χ2n) is 6.73. The normalized spacial score (nSPS) is 12.2. The van der Waals surface area contributed by atoms with Crippen molar-refractivity contribution >= 4 is 33.5 Å². The number of aliphatic carboxylic acids is 1. The molecule has 0 fully saturated rings. The fourth-order valence-corrected chi connectivity index (χ4v) is 3.68. The first-order valence-corrected chi connectivity index (χ1v) is 10.4. The fraction of sp³-hybridized carbons (Fsp3) is 0.500. The summed E-state index contributed by atoms with van der Waals surface area (Å²) in [7, 11) is 0. The van der Waals surface area contributed by atoms with Crippen molar-refractivity contribution in [3.05, 3.63) is 44.9 Å². The molecule has 0 saturated carbocycles. The molecule has 5 nitrogen and oxygen atoms in total. The van der Waals surface area contributed by atoms with E-state index in [4.69, 9.17) is 16.3 Å². The van der Waals surface area contributed by atoms with Crippen LogP contribution >= 0.6 is 27.5 Å². The van der Waals surface area contributed by atoms with E-state index >= 15 is 0 Å². The Kier molecular flexibility index (Phi) is 8.17. The quantitative estimate of drug-likeness (QED) is 0.479. The first-order valence-electron chi connectivity index (χ1n) is 9.19. The van der Waals surface area contributed by atoms with Gasteiger partial charge in [-0.3, -0.25) is 4.79 Å². The summed E-state index contributed by atoms with van der Waals surface area (Å²) in [4.78, 5) is 15.7. The lowest BCUT2D eigenvalue weighted by atomic mass is 10.1. The summed E-state index contributed by atoms with van der Waals surface area (Å²) in [5.41, 5.74) is 1.80. The summed E-state index contributed by atoms with van der Waals surface area (Å²) in [5, 5.41) is 9.85. The SMILES string of the molecule is CCCCCOc1ccc(Cn2c(C)nc(Br)c2CC(C)C(=O)O)c(Cl)c1. The lowest BCUT2D eigenvalue weighted by Gasteiger charge is -2.14. The molecule has 0 spiro atoms. The van der Waals surface area contributed by atoms with Crippen LogP contribution in [-0.4, -0.2) is 27.2 Å². The molecule has 2 aromatic rings. The van der Waals surface area contributed by atoms with E-state index in [0.29, 0.717) is 29.2 Å². The third-order valence-electron chi connectivity index (χ3n) is 4.51. The number of imidazole rings is 1. The lowest BCUT2D eigenvalue weighted by Crippen LogP contribution is -2.16. The fourth-order valence-electron chi connectivity index (χ4n) is 2.81. The van der Waals surface area contributed by atoms with E-state index in [0.717, 1.165) is 42.1 Å². The minimum Gasteiger partial charge on any atom is -0.494 e. The number of hydrogen-bond donors (Lipinski definition) is 1. The highest BCUT2D eigenvalue weighted by Crippen LogP contribution is 2.27. The third kappa shape index (κ3) is 5.98. The summed E-state index contributed by atoms with van der Waals surface area (Å²) in [6.45, 7) is 6.97. The van der Waals surface area contributed by atoms with E-state index in [1.165, 1.54) is 0 Å². The molecule has 1 unspecified atom stereocenters. The number of rotatable bonds is 10. The first kappa shape index (κ1) is 21.8. The summed E-state index contributed by atoms with van der Waals surface area (Å²) in [6, 6.07) is 5.72. The van der Waals surface area contributed by atoms with Crippen LogP contribution in [0.4, 0.5) is 0 Å². The van der Waals surface area contributed by atoms with Gasteiger partial charge in [0.1, 0.15) is 16.2 Å². The molecule has 1 heterocycles. The van der Waals surface area contributed by atoms with Crippen LogP contribution in [0.25, 0.3) is 0 Å². The smallest absolute Gasteiger partial charge is 0.306 e. The molecule has 0 aliphatic rings. The Bertz CT molecular complexity index is 792. The largest absolute Gasteiger partial charge is 0.494 e. The number of carbonyl (C=O) groups is 1. The van der Waals surface area contributed by atoms with Crippen molar-refractivity contribution in [1.29, 1.82) is 0 Å². The van der Waals surface area contributed by atoms with E-state index in [-0.39, 0.29) is 0 Å². The maximum atomic E-state index is 11.2. The molecular formula is C20H26BrClN2O3. The van der Waals surface area contributed by atoms with Crippen LogP contribution < -0.4 is 4.74 Å². The molecule has 0 bridgehead atoms. The Balaban J connectivity index is 2.16. The van der Waals surface area contributed by atoms with Crippen LogP contribution in [0.1, 0.15) is 50.2 Å². The zero-order chi connectivity index (χ0) is 20.0. The van der Waals surface area contributed by atoms with Gasteiger partial charge in [0, 0.05) is 11.4 Å². The monoisotopic (exact) mass is 456 g/mol. The van der Waals surface area contributed by atoms with Gasteiger partial charge in [0.15, 0.2) is 0 Å². The lowest BCUT2D eigenvalue weighted by molar-refractivity contribution is -0.141. The number of aryl methyl sites for hydroxylation is 1. The van der Waals surface area contributed by atoms with Crippen LogP contribution in [0.3, 0.4) is 0 Å². The number of benzene rings is 1. The van der Waals surface area contributed by atoms with Gasteiger partial charge in [-0.15, -0.1) is 0 Å². The highest BCUT2D eigenvalue weighted by molar-refractivity contribution is 9.10. The Morgan fingerprint density at radius 2 is 2.15 bits per heavy atom. The summed E-state index contributed by atoms with van der Waals surface area (Å²) in [5.74, 6) is 0.258. The van der Waals surface area contributed by atoms with Gasteiger partial charge in [0.05, 0.1) is 24.8 Å². The number of carboxylic acids is 1. The number of nitrogens with zero attached hydrogens (tertiary/aromatic N) is 2. The number of halogens is 2. The van der Waals surface area contributed by atoms with E-state index in [2.05, 4.69) is 27.8 Å². The molecule has 148 valence electrons. The van der Waals surface area contributed by atoms with Crippen molar-refractivity contribution in [3.63, 3.8) is 0 Å². The van der Waals surface area contributed by atoms with E-state index in [1.807, 2.05) is 29.7 Å². The Hall–Kier alpha value is -1.53. The molecule has 1 aromatic heterocycles. The second kappa shape index (κ2) is 10.1. The van der Waals surface area contributed by atoms with Crippen molar-refractivity contribution < 1.29 is 14.6 Å². The molecular weight excluding hydrogens is 432 g/mol. The minimum atomic E-state index is -0.824. The van der Waals surface area contributed by atoms with Gasteiger partial charge in [-0.2, -0.15) is 0 Å². The van der Waals surface area contributed by atoms with Crippen molar-refractivity contribution in [1.82, 2.24) is 9.55 Å². The predicted octanol–water partition coefficient (Wildman–Crippen LogP) is 5.49. The van der Waals surface area contributed by atoms with Gasteiger partial charge >= 0.3 is 5.97 Å². The highest BCUT2D eigenvalue weighted by Gasteiger charge is 2.20. The maximum absolute atomic E-state index is 11.2. The average Bonchev–Trinajstić information content (AvgIpc) is 2.87. The number of ether oxygens (including phenoxy) is 1. The molecule has 0 aliphatic carbocycles. The molecule has 1 atom stereocenters. The van der Waals surface area contributed by atoms with Gasteiger partial charge < -0.3 is 14.4 Å². The molecule has 0 amide bonds. The van der Waals surface area contributed by atoms with Crippen molar-refractivity contribution in [2.45, 2.75) is 53.0 Å². The van der Waals surface area contributed by atoms with Crippen molar-refractivity contribution in [3.8, 4) is 5.75 Å². The van der Waals surface area contributed by atoms with Crippen LogP contribution in [-0.2, 0) is 17.8 Å². The summed E-state index contributed by atoms with van der Waals surface area (Å²) >= 11 is 9.92. The molecule has 2 rings (SSSR count). The molecule has 0 radical (unpaired) electrons. The van der Waals surface area contributed by atoms with E-state index < -0.39 is 11.9 Å². The number of carboxylic acid groups (broad SMARTS) is 1. The standard InChI is InChI=1S/C20H26BrClN2O3/c1-4-5-6-9-27-16-8-7-15(17(22)11-16)12-24-14(3)23-19(21)18(24)10-13(2)20(25)26/h7-8,11,13H,4-6,9-10,12H2,1-3H3,(H,25,26). The average molecular weight is 458 g/mol. The zero-order valence-corrected chi connectivity index (χ0v) is 18.3. The second-order valence-corrected chi connectivity index (χ2v) is 7.89. The number of hydrogen-bond acceptors (Lipinski definition) is 3. The van der Waals surface area contributed by atoms with Gasteiger partial charge in [-0.25, -0.2) is 4.98 Å². The molecule has 1 N–H and O–H groups in total. The number of unbranched alkanes of at least 4 members (excludes halogenated alkanes) is 2. The molecule has 27 heavy (non-hydrogen) atoms. The summed E-state index contributed by atoms with van der Waals surface area (Å²) < 4.78 is 8.44. The molecule has 1 aromatic carbocycles. The van der Waals surface area contributed by atoms with Gasteiger partial charge in [0.2, 0.25) is 0 Å². The predicted molar refractivity (Wildman–Crippen MR) is 111 cm³/mol.